The van der Waals surface area contributed by atoms with Crippen molar-refractivity contribution >= 4 is 23.7 Å². The van der Waals surface area contributed by atoms with Gasteiger partial charge in [-0.3, -0.25) is 0 Å². The van der Waals surface area contributed by atoms with Gasteiger partial charge < -0.3 is 15.2 Å². The number of hydrogen-bond acceptors (Lipinski definition) is 4. The van der Waals surface area contributed by atoms with Crippen molar-refractivity contribution in [3.05, 3.63) is 60.2 Å². The highest BCUT2D eigenvalue weighted by Gasteiger charge is 2.33. The molecule has 0 bridgehead atoms. The minimum atomic E-state index is -0.771. The van der Waals surface area contributed by atoms with Crippen LogP contribution >= 0.6 is 11.8 Å². The molecule has 0 aromatic heterocycles. The van der Waals surface area contributed by atoms with Crippen LogP contribution in [0.15, 0.2) is 59.5 Å². The number of rotatable bonds is 2. The third-order valence-corrected chi connectivity index (χ3v) is 4.83. The number of anilines is 1. The summed E-state index contributed by atoms with van der Waals surface area (Å²) in [5.41, 5.74) is 1.92. The molecular weight excluding hydrogens is 270 g/mol. The number of fused-ring (bicyclic) bond motifs is 1. The minimum Gasteiger partial charge on any atom is -0.389 e. The van der Waals surface area contributed by atoms with Crippen molar-refractivity contribution in [2.24, 2.45) is 0 Å². The molecule has 2 N–H and O–H groups in total. The number of aliphatic hydroxyl groups is 1. The molecule has 4 heteroatoms. The molecule has 0 amide bonds. The highest BCUT2D eigenvalue weighted by molar-refractivity contribution is 7.99. The normalized spacial score (nSPS) is 25.1. The summed E-state index contributed by atoms with van der Waals surface area (Å²) in [5, 5.41) is 13.5. The van der Waals surface area contributed by atoms with Gasteiger partial charge in [0.15, 0.2) is 0 Å². The molecule has 0 fully saturated rings. The van der Waals surface area contributed by atoms with Gasteiger partial charge in [-0.05, 0) is 17.7 Å². The summed E-state index contributed by atoms with van der Waals surface area (Å²) in [6.07, 6.45) is 0.0100. The Morgan fingerprint density at radius 2 is 1.75 bits per heavy atom. The number of para-hydroxylation sites is 1. The lowest BCUT2D eigenvalue weighted by molar-refractivity contribution is -0.110. The molecule has 0 aliphatic carbocycles. The highest BCUT2D eigenvalue weighted by Crippen LogP contribution is 2.44. The average molecular weight is 285 g/mol. The largest absolute Gasteiger partial charge is 0.389 e. The van der Waals surface area contributed by atoms with E-state index in [4.69, 9.17) is 0 Å². The maximum absolute atomic E-state index is 11.3. The quantitative estimate of drug-likeness (QED) is 0.833. The van der Waals surface area contributed by atoms with Crippen LogP contribution in [0.25, 0.3) is 0 Å². The van der Waals surface area contributed by atoms with E-state index < -0.39 is 12.1 Å². The van der Waals surface area contributed by atoms with Crippen LogP contribution in [0.3, 0.4) is 0 Å². The van der Waals surface area contributed by atoms with E-state index in [9.17, 15) is 9.90 Å². The summed E-state index contributed by atoms with van der Waals surface area (Å²) >= 11 is 1.59. The summed E-state index contributed by atoms with van der Waals surface area (Å²) in [4.78, 5) is 12.3. The standard InChI is InChI=1S/C16H15NO2S/c18-10-13-15(19)16(11-6-2-1-3-7-11)20-14-9-5-4-8-12(14)17-13/h1-10,13,15-17,19H. The molecule has 1 aliphatic rings. The Labute approximate surface area is 122 Å². The zero-order chi connectivity index (χ0) is 13.9. The Kier molecular flexibility index (Phi) is 3.76. The van der Waals surface area contributed by atoms with Crippen LogP contribution in [0, 0.1) is 0 Å². The molecule has 3 rings (SSSR count). The van der Waals surface area contributed by atoms with Crippen molar-refractivity contribution in [1.82, 2.24) is 0 Å². The maximum Gasteiger partial charge on any atom is 0.144 e. The molecule has 2 aromatic rings. The second-order valence-electron chi connectivity index (χ2n) is 4.74. The number of aldehydes is 1. The molecule has 0 saturated carbocycles. The summed E-state index contributed by atoms with van der Waals surface area (Å²) < 4.78 is 0. The van der Waals surface area contributed by atoms with Crippen LogP contribution in [-0.2, 0) is 4.79 Å². The van der Waals surface area contributed by atoms with E-state index in [0.717, 1.165) is 22.4 Å². The van der Waals surface area contributed by atoms with Crippen LogP contribution < -0.4 is 5.32 Å². The first kappa shape index (κ1) is 13.2. The number of carbonyl (C=O) groups is 1. The predicted octanol–water partition coefficient (Wildman–Crippen LogP) is 2.87. The van der Waals surface area contributed by atoms with Gasteiger partial charge in [-0.15, -0.1) is 11.8 Å². The van der Waals surface area contributed by atoms with Crippen LogP contribution in [0.5, 0.6) is 0 Å². The topological polar surface area (TPSA) is 49.3 Å². The molecule has 3 nitrogen and oxygen atoms in total. The smallest absolute Gasteiger partial charge is 0.144 e. The number of nitrogens with one attached hydrogen (secondary N) is 1. The van der Waals surface area contributed by atoms with Gasteiger partial charge in [0.2, 0.25) is 0 Å². The summed E-state index contributed by atoms with van der Waals surface area (Å²) in [7, 11) is 0. The molecule has 3 unspecified atom stereocenters. The van der Waals surface area contributed by atoms with E-state index in [1.807, 2.05) is 54.6 Å². The first-order valence-corrected chi connectivity index (χ1v) is 7.38. The fourth-order valence-electron chi connectivity index (χ4n) is 2.37. The van der Waals surface area contributed by atoms with Gasteiger partial charge in [0.25, 0.3) is 0 Å². The van der Waals surface area contributed by atoms with E-state index in [2.05, 4.69) is 5.32 Å². The molecule has 1 heterocycles. The van der Waals surface area contributed by atoms with Crippen molar-refractivity contribution in [3.63, 3.8) is 0 Å². The van der Waals surface area contributed by atoms with Gasteiger partial charge >= 0.3 is 0 Å². The van der Waals surface area contributed by atoms with Crippen molar-refractivity contribution < 1.29 is 9.90 Å². The second-order valence-corrected chi connectivity index (χ2v) is 5.93. The number of hydrogen-bond donors (Lipinski definition) is 2. The van der Waals surface area contributed by atoms with Gasteiger partial charge in [0.05, 0.1) is 11.4 Å². The highest BCUT2D eigenvalue weighted by atomic mass is 32.2. The second kappa shape index (κ2) is 5.69. The van der Waals surface area contributed by atoms with Crippen molar-refractivity contribution in [3.8, 4) is 0 Å². The van der Waals surface area contributed by atoms with Gasteiger partial charge in [0.1, 0.15) is 12.3 Å². The van der Waals surface area contributed by atoms with E-state index in [1.165, 1.54) is 0 Å². The molecule has 0 spiro atoms. The number of aliphatic hydroxyl groups excluding tert-OH is 1. The maximum atomic E-state index is 11.3. The minimum absolute atomic E-state index is 0.164. The van der Waals surface area contributed by atoms with Crippen LogP contribution in [-0.4, -0.2) is 23.5 Å². The van der Waals surface area contributed by atoms with Gasteiger partial charge in [-0.1, -0.05) is 42.5 Å². The number of thioether (sulfide) groups is 1. The summed E-state index contributed by atoms with van der Waals surface area (Å²) in [6.45, 7) is 0. The number of carbonyl (C=O) groups excluding carboxylic acids is 1. The van der Waals surface area contributed by atoms with Crippen molar-refractivity contribution in [2.45, 2.75) is 22.3 Å². The molecule has 2 aromatic carbocycles. The molecule has 0 saturated heterocycles. The van der Waals surface area contributed by atoms with Crippen LogP contribution in [0.4, 0.5) is 5.69 Å². The lowest BCUT2D eigenvalue weighted by Crippen LogP contribution is -2.37. The lowest BCUT2D eigenvalue weighted by atomic mass is 10.0. The summed E-state index contributed by atoms with van der Waals surface area (Å²) in [6, 6.07) is 17.0. The first-order chi connectivity index (χ1) is 9.79. The molecule has 3 atom stereocenters. The Balaban J connectivity index is 2.03. The van der Waals surface area contributed by atoms with E-state index in [0.29, 0.717) is 0 Å². The Morgan fingerprint density at radius 1 is 1.05 bits per heavy atom. The molecular formula is C16H15NO2S. The van der Waals surface area contributed by atoms with Crippen LogP contribution in [0.2, 0.25) is 0 Å². The van der Waals surface area contributed by atoms with E-state index >= 15 is 0 Å². The first-order valence-electron chi connectivity index (χ1n) is 6.50. The molecule has 1 aliphatic heterocycles. The fourth-order valence-corrected chi connectivity index (χ4v) is 3.66. The lowest BCUT2D eigenvalue weighted by Gasteiger charge is -2.23. The summed E-state index contributed by atoms with van der Waals surface area (Å²) in [5.74, 6) is 0. The molecule has 102 valence electrons. The Hall–Kier alpha value is -1.78. The van der Waals surface area contributed by atoms with Gasteiger partial charge in [0, 0.05) is 10.6 Å². The van der Waals surface area contributed by atoms with Gasteiger partial charge in [-0.25, -0.2) is 0 Å². The van der Waals surface area contributed by atoms with E-state index in [1.54, 1.807) is 11.8 Å². The Morgan fingerprint density at radius 3 is 2.50 bits per heavy atom. The van der Waals surface area contributed by atoms with Crippen molar-refractivity contribution in [2.75, 3.05) is 5.32 Å². The third-order valence-electron chi connectivity index (χ3n) is 3.42. The third kappa shape index (κ3) is 2.44. The zero-order valence-corrected chi connectivity index (χ0v) is 11.6. The van der Waals surface area contributed by atoms with Crippen LogP contribution in [0.1, 0.15) is 10.8 Å². The average Bonchev–Trinajstić information content (AvgIpc) is 2.65. The van der Waals surface area contributed by atoms with E-state index in [-0.39, 0.29) is 5.25 Å². The predicted molar refractivity (Wildman–Crippen MR) is 81.0 cm³/mol. The Bertz CT molecular complexity index is 602. The monoisotopic (exact) mass is 285 g/mol. The number of benzene rings is 2. The zero-order valence-electron chi connectivity index (χ0n) is 10.8. The molecule has 20 heavy (non-hydrogen) atoms. The SMILES string of the molecule is O=CC1Nc2ccccc2SC(c2ccccc2)C1O. The molecule has 0 radical (unpaired) electrons. The van der Waals surface area contributed by atoms with Gasteiger partial charge in [-0.2, -0.15) is 0 Å². The van der Waals surface area contributed by atoms with Crippen molar-refractivity contribution in [1.29, 1.82) is 0 Å². The fraction of sp³-hybridized carbons (Fsp3) is 0.188.